The highest BCUT2D eigenvalue weighted by atomic mass is 32.1. The smallest absolute Gasteiger partial charge is 0.0640 e. The van der Waals surface area contributed by atoms with E-state index in [1.165, 1.54) is 79.1 Å². The molecule has 0 saturated carbocycles. The third-order valence-electron chi connectivity index (χ3n) is 9.65. The van der Waals surface area contributed by atoms with Crippen LogP contribution in [0.15, 0.2) is 176 Å². The Kier molecular flexibility index (Phi) is 6.61. The summed E-state index contributed by atoms with van der Waals surface area (Å²) in [7, 11) is 0. The van der Waals surface area contributed by atoms with Crippen molar-refractivity contribution in [1.82, 2.24) is 0 Å². The van der Waals surface area contributed by atoms with Crippen LogP contribution in [0.4, 0.5) is 17.1 Å². The van der Waals surface area contributed by atoms with Crippen molar-refractivity contribution in [2.24, 2.45) is 0 Å². The van der Waals surface area contributed by atoms with E-state index in [1.807, 2.05) is 22.7 Å². The Morgan fingerprint density at radius 1 is 0.327 bits per heavy atom. The van der Waals surface area contributed by atoms with Crippen molar-refractivity contribution in [2.75, 3.05) is 4.90 Å². The average Bonchev–Trinajstić information content (AvgIpc) is 3.74. The number of thiophene rings is 2. The van der Waals surface area contributed by atoms with E-state index in [9.17, 15) is 0 Å². The molecule has 0 spiro atoms. The van der Waals surface area contributed by atoms with Crippen LogP contribution in [0.2, 0.25) is 0 Å². The van der Waals surface area contributed by atoms with Crippen LogP contribution in [0.1, 0.15) is 0 Å². The van der Waals surface area contributed by atoms with E-state index >= 15 is 0 Å². The molecule has 1 nitrogen and oxygen atoms in total. The van der Waals surface area contributed by atoms with Crippen molar-refractivity contribution in [3.8, 4) is 22.3 Å². The lowest BCUT2D eigenvalue weighted by Gasteiger charge is -2.26. The quantitative estimate of drug-likeness (QED) is 0.178. The van der Waals surface area contributed by atoms with Gasteiger partial charge >= 0.3 is 0 Å². The highest BCUT2D eigenvalue weighted by Crippen LogP contribution is 2.45. The molecule has 0 atom stereocenters. The Hall–Kier alpha value is -5.74. The van der Waals surface area contributed by atoms with Crippen LogP contribution in [0.5, 0.6) is 0 Å². The minimum absolute atomic E-state index is 1.14. The SMILES string of the molecule is c1ccc(-c2ccc(N(c3ccc4cc(-c5ccc6sc7ccccc7c6c5)ccc4c3)c3cccc4c3sc3ccccc34)cc2)cc1. The van der Waals surface area contributed by atoms with Gasteiger partial charge in [-0.15, -0.1) is 22.7 Å². The van der Waals surface area contributed by atoms with Gasteiger partial charge in [-0.3, -0.25) is 0 Å². The highest BCUT2D eigenvalue weighted by molar-refractivity contribution is 7.26. The molecule has 0 saturated heterocycles. The maximum absolute atomic E-state index is 2.43. The summed E-state index contributed by atoms with van der Waals surface area (Å²) in [6.45, 7) is 0. The Morgan fingerprint density at radius 2 is 0.898 bits per heavy atom. The Morgan fingerprint density at radius 3 is 1.73 bits per heavy atom. The third-order valence-corrected chi connectivity index (χ3v) is 12.0. The van der Waals surface area contributed by atoms with E-state index in [1.54, 1.807) is 0 Å². The Balaban J connectivity index is 1.10. The molecule has 0 amide bonds. The fraction of sp³-hybridized carbons (Fsp3) is 0. The minimum Gasteiger partial charge on any atom is -0.309 e. The van der Waals surface area contributed by atoms with E-state index in [2.05, 4.69) is 181 Å². The van der Waals surface area contributed by atoms with E-state index in [0.29, 0.717) is 0 Å². The van der Waals surface area contributed by atoms with Gasteiger partial charge in [-0.2, -0.15) is 0 Å². The lowest BCUT2D eigenvalue weighted by molar-refractivity contribution is 1.31. The molecule has 0 aliphatic rings. The molecule has 49 heavy (non-hydrogen) atoms. The van der Waals surface area contributed by atoms with Crippen LogP contribution in [-0.4, -0.2) is 0 Å². The lowest BCUT2D eigenvalue weighted by atomic mass is 9.99. The fourth-order valence-electron chi connectivity index (χ4n) is 7.23. The van der Waals surface area contributed by atoms with Gasteiger partial charge in [-0.25, -0.2) is 0 Å². The summed E-state index contributed by atoms with van der Waals surface area (Å²) in [5.74, 6) is 0. The molecule has 0 aliphatic heterocycles. The van der Waals surface area contributed by atoms with Crippen molar-refractivity contribution in [3.63, 3.8) is 0 Å². The van der Waals surface area contributed by atoms with Gasteiger partial charge in [0.2, 0.25) is 0 Å². The maximum Gasteiger partial charge on any atom is 0.0640 e. The summed E-state index contributed by atoms with van der Waals surface area (Å²) in [5.41, 5.74) is 8.39. The molecule has 0 radical (unpaired) electrons. The standard InChI is InChI=1S/C46H29NS2/c1-2-9-30(10-3-1)31-19-23-36(24-20-31)47(42-14-8-13-40-38-11-4-7-16-44(38)49-46(40)42)37-25-21-33-27-32(17-18-34(33)28-37)35-22-26-45-41(29-35)39-12-5-6-15-43(39)48-45/h1-29H. The molecule has 2 heterocycles. The Bertz CT molecular complexity index is 2830. The third kappa shape index (κ3) is 4.82. The number of rotatable bonds is 5. The molecule has 3 heteroatoms. The van der Waals surface area contributed by atoms with Gasteiger partial charge in [0.15, 0.2) is 0 Å². The van der Waals surface area contributed by atoms with Crippen LogP contribution >= 0.6 is 22.7 Å². The first-order valence-electron chi connectivity index (χ1n) is 16.6. The second-order valence-corrected chi connectivity index (χ2v) is 14.7. The van der Waals surface area contributed by atoms with Crippen molar-refractivity contribution in [3.05, 3.63) is 176 Å². The topological polar surface area (TPSA) is 3.24 Å². The highest BCUT2D eigenvalue weighted by Gasteiger charge is 2.19. The molecule has 230 valence electrons. The number of anilines is 3. The van der Waals surface area contributed by atoms with E-state index in [4.69, 9.17) is 0 Å². The largest absolute Gasteiger partial charge is 0.309 e. The summed E-state index contributed by atoms with van der Waals surface area (Å²) in [6.07, 6.45) is 0. The molecular weight excluding hydrogens is 631 g/mol. The molecule has 10 rings (SSSR count). The van der Waals surface area contributed by atoms with Gasteiger partial charge in [0.05, 0.1) is 10.4 Å². The zero-order valence-electron chi connectivity index (χ0n) is 26.5. The Labute approximate surface area is 292 Å². The number of fused-ring (bicyclic) bond motifs is 7. The second-order valence-electron chi connectivity index (χ2n) is 12.6. The predicted octanol–water partition coefficient (Wildman–Crippen LogP) is 14.4. The summed E-state index contributed by atoms with van der Waals surface area (Å²) >= 11 is 3.74. The minimum atomic E-state index is 1.14. The first-order chi connectivity index (χ1) is 24.3. The predicted molar refractivity (Wildman–Crippen MR) is 215 cm³/mol. The summed E-state index contributed by atoms with van der Waals surface area (Å²) in [6, 6.07) is 64.4. The van der Waals surface area contributed by atoms with E-state index in [-0.39, 0.29) is 0 Å². The van der Waals surface area contributed by atoms with Crippen LogP contribution in [-0.2, 0) is 0 Å². The van der Waals surface area contributed by atoms with Crippen molar-refractivity contribution >= 4 is 90.9 Å². The number of hydrogen-bond acceptors (Lipinski definition) is 3. The number of hydrogen-bond donors (Lipinski definition) is 0. The number of nitrogens with zero attached hydrogens (tertiary/aromatic N) is 1. The molecule has 2 aromatic heterocycles. The van der Waals surface area contributed by atoms with Gasteiger partial charge in [0.25, 0.3) is 0 Å². The molecule has 0 fully saturated rings. The monoisotopic (exact) mass is 659 g/mol. The summed E-state index contributed by atoms with van der Waals surface area (Å²) < 4.78 is 5.28. The van der Waals surface area contributed by atoms with Gasteiger partial charge in [0, 0.05) is 47.0 Å². The van der Waals surface area contributed by atoms with Crippen LogP contribution in [0, 0.1) is 0 Å². The van der Waals surface area contributed by atoms with Crippen molar-refractivity contribution < 1.29 is 0 Å². The van der Waals surface area contributed by atoms with Crippen LogP contribution < -0.4 is 4.90 Å². The fourth-order valence-corrected chi connectivity index (χ4v) is 9.52. The zero-order chi connectivity index (χ0) is 32.3. The lowest BCUT2D eigenvalue weighted by Crippen LogP contribution is -2.10. The molecular formula is C46H29NS2. The molecule has 0 aliphatic carbocycles. The molecule has 0 N–H and O–H groups in total. The van der Waals surface area contributed by atoms with Crippen molar-refractivity contribution in [1.29, 1.82) is 0 Å². The number of benzene rings is 8. The second kappa shape index (κ2) is 11.5. The maximum atomic E-state index is 2.43. The zero-order valence-corrected chi connectivity index (χ0v) is 28.1. The molecule has 0 unspecified atom stereocenters. The van der Waals surface area contributed by atoms with Crippen LogP contribution in [0.25, 0.3) is 73.4 Å². The first kappa shape index (κ1) is 28.3. The van der Waals surface area contributed by atoms with Crippen molar-refractivity contribution in [2.45, 2.75) is 0 Å². The summed E-state index contributed by atoms with van der Waals surface area (Å²) in [4.78, 5) is 2.43. The molecule has 8 aromatic carbocycles. The summed E-state index contributed by atoms with van der Waals surface area (Å²) in [5, 5.41) is 7.72. The molecule has 10 aromatic rings. The van der Waals surface area contributed by atoms with Gasteiger partial charge in [0.1, 0.15) is 0 Å². The van der Waals surface area contributed by atoms with Gasteiger partial charge in [-0.05, 0) is 93.7 Å². The normalized spacial score (nSPS) is 11.7. The molecule has 0 bridgehead atoms. The van der Waals surface area contributed by atoms with Gasteiger partial charge in [-0.1, -0.05) is 115 Å². The van der Waals surface area contributed by atoms with Crippen LogP contribution in [0.3, 0.4) is 0 Å². The van der Waals surface area contributed by atoms with E-state index in [0.717, 1.165) is 11.4 Å². The first-order valence-corrected chi connectivity index (χ1v) is 18.2. The van der Waals surface area contributed by atoms with E-state index < -0.39 is 0 Å². The van der Waals surface area contributed by atoms with Gasteiger partial charge < -0.3 is 4.90 Å². The average molecular weight is 660 g/mol.